The second-order valence-electron chi connectivity index (χ2n) is 2.84. The number of hydrogen-bond acceptors (Lipinski definition) is 2. The van der Waals surface area contributed by atoms with Crippen LogP contribution in [0.25, 0.3) is 5.57 Å². The summed E-state index contributed by atoms with van der Waals surface area (Å²) >= 11 is 0. The van der Waals surface area contributed by atoms with Crippen molar-refractivity contribution in [3.05, 3.63) is 54.1 Å². The maximum absolute atomic E-state index is 11.4. The lowest BCUT2D eigenvalue weighted by Gasteiger charge is -2.04. The summed E-state index contributed by atoms with van der Waals surface area (Å²) in [6.07, 6.45) is 4.97. The number of ketones is 2. The summed E-state index contributed by atoms with van der Waals surface area (Å²) in [6, 6.07) is 9.89. The SMILES string of the molecule is O=C1[C]=C(c2[c]cccc2)C(=O)C=C1. The summed E-state index contributed by atoms with van der Waals surface area (Å²) in [7, 11) is 0. The van der Waals surface area contributed by atoms with Crippen LogP contribution in [0.3, 0.4) is 0 Å². The predicted octanol–water partition coefficient (Wildman–Crippen LogP) is 1.38. The summed E-state index contributed by atoms with van der Waals surface area (Å²) in [5.74, 6) is -0.482. The van der Waals surface area contributed by atoms with E-state index in [9.17, 15) is 9.59 Å². The van der Waals surface area contributed by atoms with Crippen molar-refractivity contribution in [2.75, 3.05) is 0 Å². The molecule has 0 aliphatic heterocycles. The van der Waals surface area contributed by atoms with Crippen LogP contribution in [0.5, 0.6) is 0 Å². The third kappa shape index (κ3) is 1.55. The zero-order valence-electron chi connectivity index (χ0n) is 7.28. The molecule has 0 amide bonds. The topological polar surface area (TPSA) is 34.1 Å². The van der Waals surface area contributed by atoms with Gasteiger partial charge in [0.15, 0.2) is 11.6 Å². The monoisotopic (exact) mass is 182 g/mol. The zero-order valence-corrected chi connectivity index (χ0v) is 7.28. The van der Waals surface area contributed by atoms with E-state index in [-0.39, 0.29) is 17.1 Å². The van der Waals surface area contributed by atoms with Crippen LogP contribution in [0.15, 0.2) is 36.4 Å². The van der Waals surface area contributed by atoms with E-state index in [1.54, 1.807) is 24.3 Å². The Kier molecular flexibility index (Phi) is 2.11. The van der Waals surface area contributed by atoms with Crippen LogP contribution in [0.2, 0.25) is 0 Å². The van der Waals surface area contributed by atoms with Crippen molar-refractivity contribution in [3.63, 3.8) is 0 Å². The van der Waals surface area contributed by atoms with Crippen molar-refractivity contribution in [1.82, 2.24) is 0 Å². The fourth-order valence-corrected chi connectivity index (χ4v) is 1.21. The van der Waals surface area contributed by atoms with E-state index in [4.69, 9.17) is 0 Å². The minimum absolute atomic E-state index is 0.202. The quantitative estimate of drug-likeness (QED) is 0.615. The highest BCUT2D eigenvalue weighted by Crippen LogP contribution is 2.17. The molecule has 1 aliphatic carbocycles. The Hall–Kier alpha value is -1.96. The van der Waals surface area contributed by atoms with Crippen molar-refractivity contribution in [2.24, 2.45) is 0 Å². The number of benzene rings is 1. The summed E-state index contributed by atoms with van der Waals surface area (Å²) in [4.78, 5) is 22.4. The van der Waals surface area contributed by atoms with E-state index in [0.717, 1.165) is 0 Å². The van der Waals surface area contributed by atoms with Gasteiger partial charge in [-0.2, -0.15) is 0 Å². The minimum Gasteiger partial charge on any atom is -0.289 e. The first-order valence-electron chi connectivity index (χ1n) is 4.15. The van der Waals surface area contributed by atoms with Gasteiger partial charge in [0.2, 0.25) is 0 Å². The third-order valence-electron chi connectivity index (χ3n) is 1.86. The molecule has 2 heteroatoms. The molecule has 2 radical (unpaired) electrons. The first kappa shape index (κ1) is 8.63. The lowest BCUT2D eigenvalue weighted by molar-refractivity contribution is -0.113. The number of carbonyl (C=O) groups is 2. The fraction of sp³-hybridized carbons (Fsp3) is 0. The molecule has 14 heavy (non-hydrogen) atoms. The first-order chi connectivity index (χ1) is 6.77. The molecule has 0 saturated heterocycles. The van der Waals surface area contributed by atoms with Gasteiger partial charge in [-0.25, -0.2) is 0 Å². The highest BCUT2D eigenvalue weighted by atomic mass is 16.1. The Morgan fingerprint density at radius 2 is 1.93 bits per heavy atom. The number of hydrogen-bond donors (Lipinski definition) is 0. The second kappa shape index (κ2) is 3.42. The van der Waals surface area contributed by atoms with E-state index in [0.29, 0.717) is 5.56 Å². The van der Waals surface area contributed by atoms with Gasteiger partial charge in [0.05, 0.1) is 0 Å². The Labute approximate surface area is 81.6 Å². The van der Waals surface area contributed by atoms with Gasteiger partial charge in [-0.3, -0.25) is 9.59 Å². The van der Waals surface area contributed by atoms with Crippen LogP contribution in [0, 0.1) is 12.1 Å². The average molecular weight is 182 g/mol. The van der Waals surface area contributed by atoms with Gasteiger partial charge in [0.1, 0.15) is 0 Å². The van der Waals surface area contributed by atoms with Gasteiger partial charge in [0.25, 0.3) is 0 Å². The standard InChI is InChI=1S/C12H6O2/c13-10-6-7-12(14)11(8-10)9-4-2-1-3-5-9/h1-4,6-7H. The van der Waals surface area contributed by atoms with Crippen molar-refractivity contribution in [2.45, 2.75) is 0 Å². The molecule has 1 aromatic carbocycles. The summed E-state index contributed by atoms with van der Waals surface area (Å²) < 4.78 is 0. The van der Waals surface area contributed by atoms with Gasteiger partial charge >= 0.3 is 0 Å². The van der Waals surface area contributed by atoms with Crippen molar-refractivity contribution in [1.29, 1.82) is 0 Å². The Balaban J connectivity index is 2.45. The predicted molar refractivity (Wildman–Crippen MR) is 51.1 cm³/mol. The number of allylic oxidation sites excluding steroid dienone is 4. The maximum atomic E-state index is 11.4. The molecule has 0 atom stereocenters. The van der Waals surface area contributed by atoms with Crippen LogP contribution >= 0.6 is 0 Å². The highest BCUT2D eigenvalue weighted by molar-refractivity contribution is 6.32. The van der Waals surface area contributed by atoms with Gasteiger partial charge in [-0.1, -0.05) is 24.3 Å². The molecule has 2 rings (SSSR count). The molecule has 0 bridgehead atoms. The molecule has 0 aromatic heterocycles. The van der Waals surface area contributed by atoms with Gasteiger partial charge in [-0.05, 0) is 23.8 Å². The second-order valence-corrected chi connectivity index (χ2v) is 2.84. The number of rotatable bonds is 1. The number of carbonyl (C=O) groups excluding carboxylic acids is 2. The Morgan fingerprint density at radius 1 is 1.07 bits per heavy atom. The molecule has 0 unspecified atom stereocenters. The van der Waals surface area contributed by atoms with E-state index in [2.05, 4.69) is 12.1 Å². The molecule has 0 fully saturated rings. The molecular formula is C12H6O2. The molecule has 0 saturated carbocycles. The smallest absolute Gasteiger partial charge is 0.187 e. The first-order valence-corrected chi connectivity index (χ1v) is 4.15. The van der Waals surface area contributed by atoms with Crippen LogP contribution in [-0.2, 0) is 9.59 Å². The van der Waals surface area contributed by atoms with E-state index >= 15 is 0 Å². The normalized spacial score (nSPS) is 15.6. The van der Waals surface area contributed by atoms with Crippen LogP contribution in [-0.4, -0.2) is 11.6 Å². The minimum atomic E-state index is -0.281. The molecule has 2 nitrogen and oxygen atoms in total. The zero-order chi connectivity index (χ0) is 9.97. The molecule has 0 spiro atoms. The molecule has 0 heterocycles. The molecule has 66 valence electrons. The summed E-state index contributed by atoms with van der Waals surface area (Å²) in [5, 5.41) is 0. The van der Waals surface area contributed by atoms with Gasteiger partial charge in [-0.15, -0.1) is 0 Å². The fourth-order valence-electron chi connectivity index (χ4n) is 1.21. The van der Waals surface area contributed by atoms with Crippen molar-refractivity contribution in [3.8, 4) is 0 Å². The molecule has 0 N–H and O–H groups in total. The lowest BCUT2D eigenvalue weighted by Crippen LogP contribution is -2.07. The van der Waals surface area contributed by atoms with Crippen LogP contribution in [0.4, 0.5) is 0 Å². The van der Waals surface area contributed by atoms with E-state index < -0.39 is 0 Å². The largest absolute Gasteiger partial charge is 0.289 e. The highest BCUT2D eigenvalue weighted by Gasteiger charge is 2.15. The van der Waals surface area contributed by atoms with Crippen LogP contribution < -0.4 is 0 Å². The Morgan fingerprint density at radius 3 is 2.64 bits per heavy atom. The van der Waals surface area contributed by atoms with Crippen LogP contribution in [0.1, 0.15) is 5.56 Å². The van der Waals surface area contributed by atoms with Crippen molar-refractivity contribution >= 4 is 17.1 Å². The average Bonchev–Trinajstić information content (AvgIpc) is 2.23. The third-order valence-corrected chi connectivity index (χ3v) is 1.86. The van der Waals surface area contributed by atoms with Crippen molar-refractivity contribution < 1.29 is 9.59 Å². The van der Waals surface area contributed by atoms with E-state index in [1.165, 1.54) is 12.2 Å². The maximum Gasteiger partial charge on any atom is 0.187 e. The molecule has 1 aliphatic rings. The lowest BCUT2D eigenvalue weighted by atomic mass is 9.97. The summed E-state index contributed by atoms with van der Waals surface area (Å²) in [5.41, 5.74) is 0.897. The van der Waals surface area contributed by atoms with E-state index in [1.807, 2.05) is 0 Å². The Bertz CT molecular complexity index is 439. The van der Waals surface area contributed by atoms with Gasteiger partial charge < -0.3 is 0 Å². The summed E-state index contributed by atoms with van der Waals surface area (Å²) in [6.45, 7) is 0. The van der Waals surface area contributed by atoms with Gasteiger partial charge in [0, 0.05) is 11.6 Å². The molecule has 1 aromatic rings. The molecular weight excluding hydrogens is 176 g/mol.